The first kappa shape index (κ1) is 12.7. The van der Waals surface area contributed by atoms with Crippen LogP contribution in [-0.4, -0.2) is 19.2 Å². The van der Waals surface area contributed by atoms with E-state index in [-0.39, 0.29) is 0 Å². The van der Waals surface area contributed by atoms with Crippen molar-refractivity contribution < 1.29 is 22.7 Å². The Kier molecular flexibility index (Phi) is 3.19. The van der Waals surface area contributed by atoms with E-state index in [4.69, 9.17) is 4.74 Å². The van der Waals surface area contributed by atoms with Crippen LogP contribution in [0.4, 0.5) is 13.2 Å². The number of nitrogens with one attached hydrogen (secondary N) is 1. The maximum atomic E-state index is 12.2. The molecule has 1 aliphatic carbocycles. The minimum Gasteiger partial charge on any atom is -0.496 e. The van der Waals surface area contributed by atoms with Gasteiger partial charge in [0, 0.05) is 0 Å². The van der Waals surface area contributed by atoms with E-state index < -0.39 is 18.1 Å². The lowest BCUT2D eigenvalue weighted by Gasteiger charge is -2.15. The second-order valence-electron chi connectivity index (χ2n) is 4.09. The van der Waals surface area contributed by atoms with Crippen molar-refractivity contribution >= 4 is 5.91 Å². The number of methoxy groups -OCH3 is 1. The molecule has 0 aliphatic heterocycles. The van der Waals surface area contributed by atoms with E-state index in [2.05, 4.69) is 0 Å². The molecule has 2 rings (SSSR count). The molecule has 1 aromatic rings. The fourth-order valence-electron chi connectivity index (χ4n) is 2.20. The van der Waals surface area contributed by atoms with E-state index in [1.807, 2.05) is 5.32 Å². The number of hydrogen-bond acceptors (Lipinski definition) is 2. The van der Waals surface area contributed by atoms with Gasteiger partial charge >= 0.3 is 12.1 Å². The molecule has 18 heavy (non-hydrogen) atoms. The Labute approximate surface area is 102 Å². The standard InChI is InChI=1S/C12H12F3NO2/c1-18-10-4-2-3-7-8(10)5-6-9(7)16-11(17)12(13,14)15/h2-4,9H,5-6H2,1H3,(H,16,17). The summed E-state index contributed by atoms with van der Waals surface area (Å²) in [6, 6.07) is 4.58. The topological polar surface area (TPSA) is 38.3 Å². The zero-order valence-electron chi connectivity index (χ0n) is 9.67. The number of rotatable bonds is 2. The molecule has 1 amide bonds. The predicted octanol–water partition coefficient (Wildman–Crippen LogP) is 2.36. The third kappa shape index (κ3) is 2.27. The largest absolute Gasteiger partial charge is 0.496 e. The van der Waals surface area contributed by atoms with Crippen LogP contribution in [0, 0.1) is 0 Å². The normalized spacial score (nSPS) is 18.3. The minimum atomic E-state index is -4.85. The molecule has 0 radical (unpaired) electrons. The van der Waals surface area contributed by atoms with Crippen molar-refractivity contribution in [2.75, 3.05) is 7.11 Å². The van der Waals surface area contributed by atoms with Gasteiger partial charge in [0.15, 0.2) is 0 Å². The smallest absolute Gasteiger partial charge is 0.471 e. The summed E-state index contributed by atoms with van der Waals surface area (Å²) in [5.74, 6) is -1.25. The van der Waals surface area contributed by atoms with Crippen molar-refractivity contribution in [2.45, 2.75) is 25.1 Å². The highest BCUT2D eigenvalue weighted by atomic mass is 19.4. The lowest BCUT2D eigenvalue weighted by molar-refractivity contribution is -0.174. The molecule has 1 aliphatic rings. The summed E-state index contributed by atoms with van der Waals surface area (Å²) >= 11 is 0. The molecule has 0 bridgehead atoms. The number of hydrogen-bond donors (Lipinski definition) is 1. The van der Waals surface area contributed by atoms with Crippen molar-refractivity contribution in [3.63, 3.8) is 0 Å². The fourth-order valence-corrected chi connectivity index (χ4v) is 2.20. The molecular formula is C12H12F3NO2. The van der Waals surface area contributed by atoms with Crippen molar-refractivity contribution in [2.24, 2.45) is 0 Å². The van der Waals surface area contributed by atoms with Crippen LogP contribution in [0.5, 0.6) is 5.75 Å². The number of amides is 1. The first-order valence-electron chi connectivity index (χ1n) is 5.47. The monoisotopic (exact) mass is 259 g/mol. The van der Waals surface area contributed by atoms with Crippen LogP contribution in [0.2, 0.25) is 0 Å². The summed E-state index contributed by atoms with van der Waals surface area (Å²) in [5.41, 5.74) is 1.57. The van der Waals surface area contributed by atoms with Crippen LogP contribution in [0.3, 0.4) is 0 Å². The van der Waals surface area contributed by atoms with Gasteiger partial charge in [-0.3, -0.25) is 4.79 Å². The molecule has 0 saturated heterocycles. The third-order valence-corrected chi connectivity index (χ3v) is 3.01. The molecule has 0 aromatic heterocycles. The Bertz CT molecular complexity index is 471. The van der Waals surface area contributed by atoms with E-state index in [0.717, 1.165) is 5.56 Å². The Balaban J connectivity index is 2.20. The minimum absolute atomic E-state index is 0.456. The van der Waals surface area contributed by atoms with Gasteiger partial charge in [-0.15, -0.1) is 0 Å². The van der Waals surface area contributed by atoms with Gasteiger partial charge in [0.2, 0.25) is 0 Å². The Morgan fingerprint density at radius 3 is 2.78 bits per heavy atom. The number of carbonyl (C=O) groups excluding carboxylic acids is 1. The van der Waals surface area contributed by atoms with Gasteiger partial charge in [0.25, 0.3) is 0 Å². The summed E-state index contributed by atoms with van der Waals surface area (Å²) in [6.45, 7) is 0. The maximum absolute atomic E-state index is 12.2. The second-order valence-corrected chi connectivity index (χ2v) is 4.09. The van der Waals surface area contributed by atoms with Crippen molar-refractivity contribution in [3.05, 3.63) is 29.3 Å². The van der Waals surface area contributed by atoms with Crippen LogP contribution in [0.15, 0.2) is 18.2 Å². The van der Waals surface area contributed by atoms with Gasteiger partial charge in [0.1, 0.15) is 5.75 Å². The Morgan fingerprint density at radius 2 is 2.17 bits per heavy atom. The number of benzene rings is 1. The summed E-state index contributed by atoms with van der Waals surface area (Å²) in [6.07, 6.45) is -3.79. The molecule has 3 nitrogen and oxygen atoms in total. The fraction of sp³-hybridized carbons (Fsp3) is 0.417. The summed E-state index contributed by atoms with van der Waals surface area (Å²) < 4.78 is 41.7. The van der Waals surface area contributed by atoms with E-state index >= 15 is 0 Å². The Hall–Kier alpha value is -1.72. The average Bonchev–Trinajstić information content (AvgIpc) is 2.71. The molecule has 98 valence electrons. The first-order chi connectivity index (χ1) is 8.43. The average molecular weight is 259 g/mol. The highest BCUT2D eigenvalue weighted by molar-refractivity contribution is 5.82. The van der Waals surface area contributed by atoms with E-state index in [0.29, 0.717) is 24.2 Å². The number of halogens is 3. The lowest BCUT2D eigenvalue weighted by atomic mass is 10.1. The van der Waals surface area contributed by atoms with Gasteiger partial charge in [0.05, 0.1) is 13.2 Å². The van der Waals surface area contributed by atoms with E-state index in [9.17, 15) is 18.0 Å². The van der Waals surface area contributed by atoms with Gasteiger partial charge in [-0.1, -0.05) is 12.1 Å². The van der Waals surface area contributed by atoms with Crippen molar-refractivity contribution in [1.82, 2.24) is 5.32 Å². The lowest BCUT2D eigenvalue weighted by Crippen LogP contribution is -2.38. The zero-order chi connectivity index (χ0) is 13.3. The summed E-state index contributed by atoms with van der Waals surface area (Å²) in [5, 5.41) is 2.01. The molecule has 0 fully saturated rings. The van der Waals surface area contributed by atoms with Crippen LogP contribution in [0.25, 0.3) is 0 Å². The summed E-state index contributed by atoms with van der Waals surface area (Å²) in [4.78, 5) is 10.9. The number of fused-ring (bicyclic) bond motifs is 1. The van der Waals surface area contributed by atoms with Gasteiger partial charge in [-0.2, -0.15) is 13.2 Å². The molecule has 1 atom stereocenters. The van der Waals surface area contributed by atoms with E-state index in [1.54, 1.807) is 18.2 Å². The second kappa shape index (κ2) is 4.51. The molecule has 0 spiro atoms. The van der Waals surface area contributed by atoms with Gasteiger partial charge < -0.3 is 10.1 Å². The van der Waals surface area contributed by atoms with Crippen molar-refractivity contribution in [1.29, 1.82) is 0 Å². The number of alkyl halides is 3. The summed E-state index contributed by atoms with van der Waals surface area (Å²) in [7, 11) is 1.51. The molecule has 1 aromatic carbocycles. The molecular weight excluding hydrogens is 247 g/mol. The highest BCUT2D eigenvalue weighted by Crippen LogP contribution is 2.37. The molecule has 0 saturated carbocycles. The van der Waals surface area contributed by atoms with Crippen LogP contribution < -0.4 is 10.1 Å². The zero-order valence-corrected chi connectivity index (χ0v) is 9.67. The number of carbonyl (C=O) groups is 1. The predicted molar refractivity (Wildman–Crippen MR) is 58.3 cm³/mol. The van der Waals surface area contributed by atoms with Gasteiger partial charge in [-0.25, -0.2) is 0 Å². The number of ether oxygens (including phenoxy) is 1. The SMILES string of the molecule is COc1cccc2c1CCC2NC(=O)C(F)(F)F. The maximum Gasteiger partial charge on any atom is 0.471 e. The highest BCUT2D eigenvalue weighted by Gasteiger charge is 2.41. The van der Waals surface area contributed by atoms with Crippen LogP contribution in [0.1, 0.15) is 23.6 Å². The molecule has 1 unspecified atom stereocenters. The van der Waals surface area contributed by atoms with E-state index in [1.165, 1.54) is 7.11 Å². The third-order valence-electron chi connectivity index (χ3n) is 3.01. The Morgan fingerprint density at radius 1 is 1.44 bits per heavy atom. The van der Waals surface area contributed by atoms with Crippen molar-refractivity contribution in [3.8, 4) is 5.75 Å². The van der Waals surface area contributed by atoms with Crippen LogP contribution in [-0.2, 0) is 11.2 Å². The molecule has 6 heteroatoms. The molecule has 0 heterocycles. The van der Waals surface area contributed by atoms with Crippen LogP contribution >= 0.6 is 0 Å². The van der Waals surface area contributed by atoms with Gasteiger partial charge in [-0.05, 0) is 30.0 Å². The molecule has 1 N–H and O–H groups in total. The first-order valence-corrected chi connectivity index (χ1v) is 5.47. The quantitative estimate of drug-likeness (QED) is 0.885.